The van der Waals surface area contributed by atoms with Gasteiger partial charge in [0.25, 0.3) is 5.91 Å². The first-order valence-corrected chi connectivity index (χ1v) is 5.88. The molecule has 0 aliphatic carbocycles. The summed E-state index contributed by atoms with van der Waals surface area (Å²) in [6, 6.07) is 7.13. The molecule has 0 saturated heterocycles. The fourth-order valence-corrected chi connectivity index (χ4v) is 1.49. The minimum absolute atomic E-state index is 0.213. The highest BCUT2D eigenvalue weighted by atomic mass is 16.5. The number of nitrogens with one attached hydrogen (secondary N) is 1. The summed E-state index contributed by atoms with van der Waals surface area (Å²) in [5.74, 6) is 0.309. The molecule has 0 aromatic heterocycles. The van der Waals surface area contributed by atoms with Gasteiger partial charge in [0.1, 0.15) is 5.75 Å². The van der Waals surface area contributed by atoms with Crippen LogP contribution in [0.5, 0.6) is 5.75 Å². The Bertz CT molecular complexity index is 415. The van der Waals surface area contributed by atoms with Crippen molar-refractivity contribution in [2.75, 3.05) is 6.54 Å². The molecule has 1 amide bonds. The molecule has 4 heteroatoms. The van der Waals surface area contributed by atoms with Gasteiger partial charge >= 0.3 is 0 Å². The van der Waals surface area contributed by atoms with Crippen LogP contribution in [0.2, 0.25) is 0 Å². The van der Waals surface area contributed by atoms with Crippen LogP contribution in [0.4, 0.5) is 0 Å². The zero-order valence-electron chi connectivity index (χ0n) is 10.7. The van der Waals surface area contributed by atoms with Crippen LogP contribution in [0.3, 0.4) is 0 Å². The predicted octanol–water partition coefficient (Wildman–Crippen LogP) is 1.81. The molecule has 2 N–H and O–H groups in total. The Kier molecular flexibility index (Phi) is 5.39. The largest absolute Gasteiger partial charge is 0.481 e. The molecule has 0 bridgehead atoms. The fourth-order valence-electron chi connectivity index (χ4n) is 1.49. The second-order valence-electron chi connectivity index (χ2n) is 4.01. The van der Waals surface area contributed by atoms with E-state index in [0.29, 0.717) is 17.9 Å². The summed E-state index contributed by atoms with van der Waals surface area (Å²) in [5.41, 5.74) is 0.667. The van der Waals surface area contributed by atoms with Gasteiger partial charge in [-0.25, -0.2) is 0 Å². The Morgan fingerprint density at radius 1 is 1.50 bits per heavy atom. The van der Waals surface area contributed by atoms with Gasteiger partial charge < -0.3 is 15.2 Å². The lowest BCUT2D eigenvalue weighted by atomic mass is 10.1. The first-order chi connectivity index (χ1) is 8.56. The number of carbonyl (C=O) groups is 1. The molecule has 2 atom stereocenters. The SMILES string of the molecule is C=CCNC(=O)C(C)Oc1ccccc1[C@H](C)O. The number of rotatable bonds is 6. The second-order valence-corrected chi connectivity index (χ2v) is 4.01. The van der Waals surface area contributed by atoms with Crippen molar-refractivity contribution in [3.8, 4) is 5.75 Å². The Morgan fingerprint density at radius 2 is 2.17 bits per heavy atom. The zero-order valence-corrected chi connectivity index (χ0v) is 10.7. The van der Waals surface area contributed by atoms with Crippen LogP contribution in [-0.2, 0) is 4.79 Å². The maximum Gasteiger partial charge on any atom is 0.261 e. The molecule has 1 unspecified atom stereocenters. The van der Waals surface area contributed by atoms with Crippen molar-refractivity contribution in [3.63, 3.8) is 0 Å². The van der Waals surface area contributed by atoms with Crippen molar-refractivity contribution >= 4 is 5.91 Å². The maximum absolute atomic E-state index is 11.6. The summed E-state index contributed by atoms with van der Waals surface area (Å²) < 4.78 is 5.56. The van der Waals surface area contributed by atoms with E-state index in [1.54, 1.807) is 38.1 Å². The summed E-state index contributed by atoms with van der Waals surface area (Å²) in [6.45, 7) is 7.25. The molecule has 1 aromatic carbocycles. The highest BCUT2D eigenvalue weighted by Crippen LogP contribution is 2.25. The van der Waals surface area contributed by atoms with Crippen molar-refractivity contribution in [1.82, 2.24) is 5.32 Å². The van der Waals surface area contributed by atoms with Crippen molar-refractivity contribution in [2.45, 2.75) is 26.1 Å². The highest BCUT2D eigenvalue weighted by Gasteiger charge is 2.16. The number of ether oxygens (including phenoxy) is 1. The Labute approximate surface area is 107 Å². The molecule has 0 heterocycles. The average molecular weight is 249 g/mol. The second kappa shape index (κ2) is 6.81. The minimum atomic E-state index is -0.635. The van der Waals surface area contributed by atoms with Crippen LogP contribution in [0.25, 0.3) is 0 Å². The lowest BCUT2D eigenvalue weighted by molar-refractivity contribution is -0.127. The molecule has 1 aromatic rings. The van der Waals surface area contributed by atoms with Crippen molar-refractivity contribution < 1.29 is 14.6 Å². The molecular formula is C14H19NO3. The number of carbonyl (C=O) groups excluding carboxylic acids is 1. The quantitative estimate of drug-likeness (QED) is 0.756. The number of hydrogen-bond acceptors (Lipinski definition) is 3. The monoisotopic (exact) mass is 249 g/mol. The van der Waals surface area contributed by atoms with Crippen LogP contribution in [-0.4, -0.2) is 23.7 Å². The predicted molar refractivity (Wildman–Crippen MR) is 70.4 cm³/mol. The fraction of sp³-hybridized carbons (Fsp3) is 0.357. The zero-order chi connectivity index (χ0) is 13.5. The number of benzene rings is 1. The van der Waals surface area contributed by atoms with Crippen LogP contribution in [0.1, 0.15) is 25.5 Å². The van der Waals surface area contributed by atoms with Crippen molar-refractivity contribution in [1.29, 1.82) is 0 Å². The summed E-state index contributed by atoms with van der Waals surface area (Å²) >= 11 is 0. The summed E-state index contributed by atoms with van der Waals surface area (Å²) in [5, 5.41) is 12.3. The number of amides is 1. The van der Waals surface area contributed by atoms with E-state index in [2.05, 4.69) is 11.9 Å². The van der Waals surface area contributed by atoms with E-state index >= 15 is 0 Å². The van der Waals surface area contributed by atoms with Crippen molar-refractivity contribution in [2.24, 2.45) is 0 Å². The van der Waals surface area contributed by atoms with Gasteiger partial charge in [0.2, 0.25) is 0 Å². The summed E-state index contributed by atoms with van der Waals surface area (Å²) in [4.78, 5) is 11.6. The van der Waals surface area contributed by atoms with Crippen LogP contribution in [0, 0.1) is 0 Å². The van der Waals surface area contributed by atoms with E-state index in [1.807, 2.05) is 6.07 Å². The number of para-hydroxylation sites is 1. The van der Waals surface area contributed by atoms with E-state index in [1.165, 1.54) is 0 Å². The molecule has 0 aliphatic heterocycles. The normalized spacial score (nSPS) is 13.5. The van der Waals surface area contributed by atoms with E-state index in [9.17, 15) is 9.90 Å². The third-order valence-electron chi connectivity index (χ3n) is 2.46. The summed E-state index contributed by atoms with van der Waals surface area (Å²) in [7, 11) is 0. The molecule has 0 aliphatic rings. The minimum Gasteiger partial charge on any atom is -0.481 e. The Balaban J connectivity index is 2.72. The van der Waals surface area contributed by atoms with Gasteiger partial charge in [0, 0.05) is 12.1 Å². The van der Waals surface area contributed by atoms with Gasteiger partial charge in [0.15, 0.2) is 6.10 Å². The van der Waals surface area contributed by atoms with E-state index in [4.69, 9.17) is 4.74 Å². The lowest BCUT2D eigenvalue weighted by Crippen LogP contribution is -2.36. The maximum atomic E-state index is 11.6. The lowest BCUT2D eigenvalue weighted by Gasteiger charge is -2.17. The molecule has 98 valence electrons. The van der Waals surface area contributed by atoms with Gasteiger partial charge in [-0.1, -0.05) is 24.3 Å². The first-order valence-electron chi connectivity index (χ1n) is 5.88. The molecule has 0 spiro atoms. The van der Waals surface area contributed by atoms with Crippen LogP contribution in [0.15, 0.2) is 36.9 Å². The average Bonchev–Trinajstić information content (AvgIpc) is 2.36. The van der Waals surface area contributed by atoms with Gasteiger partial charge in [-0.05, 0) is 19.9 Å². The third-order valence-corrected chi connectivity index (χ3v) is 2.46. The highest BCUT2D eigenvalue weighted by molar-refractivity contribution is 5.80. The topological polar surface area (TPSA) is 58.6 Å². The molecule has 4 nitrogen and oxygen atoms in total. The van der Waals surface area contributed by atoms with Crippen LogP contribution >= 0.6 is 0 Å². The molecule has 0 fully saturated rings. The standard InChI is InChI=1S/C14H19NO3/c1-4-9-15-14(17)11(3)18-13-8-6-5-7-12(13)10(2)16/h4-8,10-11,16H,1,9H2,2-3H3,(H,15,17)/t10-,11?/m0/s1. The van der Waals surface area contributed by atoms with Gasteiger partial charge in [-0.15, -0.1) is 6.58 Å². The first kappa shape index (κ1) is 14.3. The number of aliphatic hydroxyl groups excluding tert-OH is 1. The Morgan fingerprint density at radius 3 is 2.78 bits per heavy atom. The van der Waals surface area contributed by atoms with E-state index in [0.717, 1.165) is 0 Å². The third kappa shape index (κ3) is 3.89. The van der Waals surface area contributed by atoms with Gasteiger partial charge in [-0.2, -0.15) is 0 Å². The molecule has 0 radical (unpaired) electrons. The molecule has 0 saturated carbocycles. The van der Waals surface area contributed by atoms with Crippen molar-refractivity contribution in [3.05, 3.63) is 42.5 Å². The molecular weight excluding hydrogens is 230 g/mol. The molecule has 18 heavy (non-hydrogen) atoms. The molecule has 1 rings (SSSR count). The smallest absolute Gasteiger partial charge is 0.261 e. The Hall–Kier alpha value is -1.81. The van der Waals surface area contributed by atoms with Gasteiger partial charge in [0.05, 0.1) is 6.10 Å². The van der Waals surface area contributed by atoms with Gasteiger partial charge in [-0.3, -0.25) is 4.79 Å². The van der Waals surface area contributed by atoms with E-state index in [-0.39, 0.29) is 5.91 Å². The summed E-state index contributed by atoms with van der Waals surface area (Å²) in [6.07, 6.45) is 0.350. The van der Waals surface area contributed by atoms with Crippen LogP contribution < -0.4 is 10.1 Å². The number of aliphatic hydroxyl groups is 1. The number of hydrogen-bond donors (Lipinski definition) is 2. The van der Waals surface area contributed by atoms with E-state index < -0.39 is 12.2 Å².